The molecule has 0 aliphatic carbocycles. The Labute approximate surface area is 107 Å². The standard InChI is InChI=1S/C14H19FN2O/c1-10(11-4-2-6-13(15)8-11)17-14(18)12-5-3-7-16-9-12/h2,4,6,8,10,12,16H,3,5,7,9H2,1H3,(H,17,18)/t10-,12?/m0/s1. The van der Waals surface area contributed by atoms with Gasteiger partial charge in [0.15, 0.2) is 0 Å². The molecule has 1 fully saturated rings. The number of piperidine rings is 1. The van der Waals surface area contributed by atoms with E-state index in [1.54, 1.807) is 6.07 Å². The van der Waals surface area contributed by atoms with Crippen molar-refractivity contribution in [3.63, 3.8) is 0 Å². The predicted molar refractivity (Wildman–Crippen MR) is 68.6 cm³/mol. The van der Waals surface area contributed by atoms with Crippen LogP contribution in [0.25, 0.3) is 0 Å². The molecule has 0 spiro atoms. The van der Waals surface area contributed by atoms with Gasteiger partial charge in [0.2, 0.25) is 5.91 Å². The van der Waals surface area contributed by atoms with Crippen molar-refractivity contribution in [1.82, 2.24) is 10.6 Å². The second kappa shape index (κ2) is 5.96. The van der Waals surface area contributed by atoms with Gasteiger partial charge in [-0.1, -0.05) is 12.1 Å². The summed E-state index contributed by atoms with van der Waals surface area (Å²) in [6, 6.07) is 6.20. The van der Waals surface area contributed by atoms with Crippen molar-refractivity contribution in [2.24, 2.45) is 5.92 Å². The van der Waals surface area contributed by atoms with Crippen LogP contribution in [-0.4, -0.2) is 19.0 Å². The number of carbonyl (C=O) groups is 1. The first-order valence-corrected chi connectivity index (χ1v) is 6.43. The van der Waals surface area contributed by atoms with E-state index in [-0.39, 0.29) is 23.7 Å². The van der Waals surface area contributed by atoms with Crippen LogP contribution in [0.3, 0.4) is 0 Å². The van der Waals surface area contributed by atoms with Gasteiger partial charge in [0.05, 0.1) is 12.0 Å². The Morgan fingerprint density at radius 2 is 2.39 bits per heavy atom. The molecule has 1 aliphatic rings. The highest BCUT2D eigenvalue weighted by atomic mass is 19.1. The highest BCUT2D eigenvalue weighted by Gasteiger charge is 2.22. The van der Waals surface area contributed by atoms with Crippen LogP contribution in [0, 0.1) is 11.7 Å². The zero-order chi connectivity index (χ0) is 13.0. The average Bonchev–Trinajstić information content (AvgIpc) is 2.39. The first-order chi connectivity index (χ1) is 8.66. The molecule has 18 heavy (non-hydrogen) atoms. The Bertz CT molecular complexity index is 416. The number of carbonyl (C=O) groups excluding carboxylic acids is 1. The Hall–Kier alpha value is -1.42. The minimum Gasteiger partial charge on any atom is -0.349 e. The molecule has 2 atom stereocenters. The van der Waals surface area contributed by atoms with Crippen LogP contribution in [-0.2, 0) is 4.79 Å². The van der Waals surface area contributed by atoms with Crippen LogP contribution in [0.5, 0.6) is 0 Å². The zero-order valence-electron chi connectivity index (χ0n) is 10.6. The van der Waals surface area contributed by atoms with Crippen LogP contribution in [0.1, 0.15) is 31.4 Å². The summed E-state index contributed by atoms with van der Waals surface area (Å²) in [7, 11) is 0. The number of benzene rings is 1. The van der Waals surface area contributed by atoms with E-state index in [0.29, 0.717) is 0 Å². The Balaban J connectivity index is 1.94. The van der Waals surface area contributed by atoms with E-state index < -0.39 is 0 Å². The fraction of sp³-hybridized carbons (Fsp3) is 0.500. The molecule has 1 aliphatic heterocycles. The molecule has 2 N–H and O–H groups in total. The average molecular weight is 250 g/mol. The van der Waals surface area contributed by atoms with Crippen LogP contribution < -0.4 is 10.6 Å². The lowest BCUT2D eigenvalue weighted by Gasteiger charge is -2.24. The van der Waals surface area contributed by atoms with E-state index in [0.717, 1.165) is 31.5 Å². The van der Waals surface area contributed by atoms with Crippen molar-refractivity contribution < 1.29 is 9.18 Å². The number of rotatable bonds is 3. The lowest BCUT2D eigenvalue weighted by atomic mass is 9.98. The van der Waals surface area contributed by atoms with Crippen molar-refractivity contribution in [1.29, 1.82) is 0 Å². The normalized spacial score (nSPS) is 21.3. The van der Waals surface area contributed by atoms with E-state index in [4.69, 9.17) is 0 Å². The zero-order valence-corrected chi connectivity index (χ0v) is 10.6. The van der Waals surface area contributed by atoms with Crippen molar-refractivity contribution in [3.8, 4) is 0 Å². The van der Waals surface area contributed by atoms with Crippen molar-refractivity contribution in [2.45, 2.75) is 25.8 Å². The van der Waals surface area contributed by atoms with Gasteiger partial charge in [-0.3, -0.25) is 4.79 Å². The predicted octanol–water partition coefficient (Wildman–Crippen LogP) is 2.00. The molecule has 1 amide bonds. The molecule has 3 nitrogen and oxygen atoms in total. The molecule has 0 aromatic heterocycles. The molecule has 0 saturated carbocycles. The van der Waals surface area contributed by atoms with E-state index in [1.165, 1.54) is 12.1 Å². The van der Waals surface area contributed by atoms with Crippen molar-refractivity contribution in [3.05, 3.63) is 35.6 Å². The van der Waals surface area contributed by atoms with Crippen LogP contribution in [0.2, 0.25) is 0 Å². The monoisotopic (exact) mass is 250 g/mol. The maximum absolute atomic E-state index is 13.1. The van der Waals surface area contributed by atoms with Gasteiger partial charge in [-0.25, -0.2) is 4.39 Å². The summed E-state index contributed by atoms with van der Waals surface area (Å²) < 4.78 is 13.1. The summed E-state index contributed by atoms with van der Waals surface area (Å²) in [5, 5.41) is 6.16. The number of hydrogen-bond acceptors (Lipinski definition) is 2. The van der Waals surface area contributed by atoms with Crippen LogP contribution in [0.4, 0.5) is 4.39 Å². The number of halogens is 1. The SMILES string of the molecule is C[C@H](NC(=O)C1CCCNC1)c1cccc(F)c1. The van der Waals surface area contributed by atoms with Crippen molar-refractivity contribution >= 4 is 5.91 Å². The Kier molecular flexibility index (Phi) is 4.31. The van der Waals surface area contributed by atoms with Crippen LogP contribution >= 0.6 is 0 Å². The molecule has 0 radical (unpaired) electrons. The van der Waals surface area contributed by atoms with E-state index in [2.05, 4.69) is 10.6 Å². The molecule has 0 bridgehead atoms. The van der Waals surface area contributed by atoms with Gasteiger partial charge in [0, 0.05) is 6.54 Å². The summed E-state index contributed by atoms with van der Waals surface area (Å²) in [5.74, 6) is -0.179. The number of amides is 1. The molecule has 2 rings (SSSR count). The first-order valence-electron chi connectivity index (χ1n) is 6.43. The third kappa shape index (κ3) is 3.29. The molecule has 1 saturated heterocycles. The highest BCUT2D eigenvalue weighted by molar-refractivity contribution is 5.79. The quantitative estimate of drug-likeness (QED) is 0.861. The van der Waals surface area contributed by atoms with Gasteiger partial charge in [0.1, 0.15) is 5.82 Å². The summed E-state index contributed by atoms with van der Waals surface area (Å²) in [4.78, 5) is 12.0. The van der Waals surface area contributed by atoms with Gasteiger partial charge in [-0.15, -0.1) is 0 Å². The molecule has 1 aromatic carbocycles. The third-order valence-corrected chi connectivity index (χ3v) is 3.38. The fourth-order valence-corrected chi connectivity index (χ4v) is 2.27. The Morgan fingerprint density at radius 1 is 1.56 bits per heavy atom. The molecular weight excluding hydrogens is 231 g/mol. The number of nitrogens with one attached hydrogen (secondary N) is 2. The van der Waals surface area contributed by atoms with Gasteiger partial charge < -0.3 is 10.6 Å². The van der Waals surface area contributed by atoms with E-state index in [1.807, 2.05) is 13.0 Å². The van der Waals surface area contributed by atoms with Gasteiger partial charge in [-0.2, -0.15) is 0 Å². The minimum atomic E-state index is -0.270. The first kappa shape index (κ1) is 13.0. The van der Waals surface area contributed by atoms with Gasteiger partial charge >= 0.3 is 0 Å². The van der Waals surface area contributed by atoms with E-state index in [9.17, 15) is 9.18 Å². The van der Waals surface area contributed by atoms with Crippen molar-refractivity contribution in [2.75, 3.05) is 13.1 Å². The third-order valence-electron chi connectivity index (χ3n) is 3.38. The largest absolute Gasteiger partial charge is 0.349 e. The second-order valence-electron chi connectivity index (χ2n) is 4.83. The minimum absolute atomic E-state index is 0.0368. The molecule has 1 aromatic rings. The highest BCUT2D eigenvalue weighted by Crippen LogP contribution is 2.16. The van der Waals surface area contributed by atoms with E-state index >= 15 is 0 Å². The summed E-state index contributed by atoms with van der Waals surface area (Å²) in [5.41, 5.74) is 0.798. The fourth-order valence-electron chi connectivity index (χ4n) is 2.27. The molecule has 98 valence electrons. The maximum atomic E-state index is 13.1. The lowest BCUT2D eigenvalue weighted by molar-refractivity contribution is -0.126. The molecular formula is C14H19FN2O. The van der Waals surface area contributed by atoms with Gasteiger partial charge in [-0.05, 0) is 44.0 Å². The number of hydrogen-bond donors (Lipinski definition) is 2. The lowest BCUT2D eigenvalue weighted by Crippen LogP contribution is -2.41. The van der Waals surface area contributed by atoms with Crippen LogP contribution in [0.15, 0.2) is 24.3 Å². The summed E-state index contributed by atoms with van der Waals surface area (Å²) in [6.07, 6.45) is 1.96. The topological polar surface area (TPSA) is 41.1 Å². The summed E-state index contributed by atoms with van der Waals surface area (Å²) >= 11 is 0. The summed E-state index contributed by atoms with van der Waals surface area (Å²) in [6.45, 7) is 3.61. The maximum Gasteiger partial charge on any atom is 0.224 e. The smallest absolute Gasteiger partial charge is 0.224 e. The molecule has 1 unspecified atom stereocenters. The second-order valence-corrected chi connectivity index (χ2v) is 4.83. The van der Waals surface area contributed by atoms with Gasteiger partial charge in [0.25, 0.3) is 0 Å². The Morgan fingerprint density at radius 3 is 3.06 bits per heavy atom. The molecule has 1 heterocycles. The molecule has 4 heteroatoms.